The Balaban J connectivity index is 1.72. The van der Waals surface area contributed by atoms with Crippen LogP contribution in [-0.2, 0) is 19.4 Å². The van der Waals surface area contributed by atoms with Crippen molar-refractivity contribution < 1.29 is 4.39 Å². The van der Waals surface area contributed by atoms with Gasteiger partial charge in [-0.3, -0.25) is 0 Å². The van der Waals surface area contributed by atoms with Crippen LogP contribution in [0.15, 0.2) is 30.7 Å². The number of hydrogen-bond acceptors (Lipinski definition) is 5. The van der Waals surface area contributed by atoms with Crippen molar-refractivity contribution in [2.45, 2.75) is 26.3 Å². The van der Waals surface area contributed by atoms with E-state index in [2.05, 4.69) is 26.0 Å². The van der Waals surface area contributed by atoms with Crippen molar-refractivity contribution in [3.05, 3.63) is 53.5 Å². The molecule has 0 atom stereocenters. The molecule has 116 valence electrons. The average Bonchev–Trinajstić information content (AvgIpc) is 2.59. The summed E-state index contributed by atoms with van der Waals surface area (Å²) in [7, 11) is 0. The molecule has 5 nitrogen and oxygen atoms in total. The summed E-state index contributed by atoms with van der Waals surface area (Å²) in [5, 5.41) is 1.01. The van der Waals surface area contributed by atoms with Crippen LogP contribution >= 0.6 is 0 Å². The van der Waals surface area contributed by atoms with Gasteiger partial charge in [0.05, 0.1) is 5.69 Å². The third-order valence-corrected chi connectivity index (χ3v) is 4.22. The van der Waals surface area contributed by atoms with E-state index in [1.54, 1.807) is 6.20 Å². The second-order valence-electron chi connectivity index (χ2n) is 5.63. The number of halogens is 1. The lowest BCUT2D eigenvalue weighted by atomic mass is 10.0. The Morgan fingerprint density at radius 2 is 2.17 bits per heavy atom. The maximum Gasteiger partial charge on any atom is 0.187 e. The summed E-state index contributed by atoms with van der Waals surface area (Å²) < 4.78 is 14.5. The van der Waals surface area contributed by atoms with Gasteiger partial charge in [-0.25, -0.2) is 24.3 Å². The Kier molecular flexibility index (Phi) is 3.37. The van der Waals surface area contributed by atoms with Gasteiger partial charge < -0.3 is 4.90 Å². The molecule has 0 spiro atoms. The van der Waals surface area contributed by atoms with Crippen molar-refractivity contribution in [1.29, 1.82) is 0 Å². The van der Waals surface area contributed by atoms with E-state index in [-0.39, 0.29) is 5.82 Å². The van der Waals surface area contributed by atoms with Crippen LogP contribution in [0.1, 0.15) is 23.9 Å². The second-order valence-corrected chi connectivity index (χ2v) is 5.63. The summed E-state index contributed by atoms with van der Waals surface area (Å²) in [6, 6.07) is 5.99. The highest BCUT2D eigenvalue weighted by atomic mass is 19.1. The van der Waals surface area contributed by atoms with E-state index < -0.39 is 0 Å². The summed E-state index contributed by atoms with van der Waals surface area (Å²) in [4.78, 5) is 19.1. The molecule has 1 aliphatic heterocycles. The van der Waals surface area contributed by atoms with E-state index >= 15 is 0 Å². The first kappa shape index (κ1) is 14.0. The van der Waals surface area contributed by atoms with Crippen LogP contribution in [0.3, 0.4) is 0 Å². The van der Waals surface area contributed by atoms with Crippen LogP contribution < -0.4 is 4.90 Å². The van der Waals surface area contributed by atoms with Gasteiger partial charge in [0, 0.05) is 36.8 Å². The van der Waals surface area contributed by atoms with E-state index in [4.69, 9.17) is 0 Å². The molecular weight excluding hydrogens is 293 g/mol. The predicted molar refractivity (Wildman–Crippen MR) is 85.7 cm³/mol. The lowest BCUT2D eigenvalue weighted by Crippen LogP contribution is -2.32. The van der Waals surface area contributed by atoms with Crippen molar-refractivity contribution in [2.75, 3.05) is 11.4 Å². The molecule has 23 heavy (non-hydrogen) atoms. The molecule has 0 amide bonds. The fourth-order valence-corrected chi connectivity index (χ4v) is 3.01. The highest BCUT2D eigenvalue weighted by molar-refractivity contribution is 5.75. The van der Waals surface area contributed by atoms with Crippen molar-refractivity contribution >= 4 is 16.9 Å². The summed E-state index contributed by atoms with van der Waals surface area (Å²) in [5.41, 5.74) is 3.37. The summed E-state index contributed by atoms with van der Waals surface area (Å²) >= 11 is 0. The van der Waals surface area contributed by atoms with Crippen LogP contribution in [0, 0.1) is 5.82 Å². The van der Waals surface area contributed by atoms with Gasteiger partial charge in [-0.1, -0.05) is 6.92 Å². The van der Waals surface area contributed by atoms with Crippen LogP contribution in [0.5, 0.6) is 0 Å². The number of anilines is 1. The van der Waals surface area contributed by atoms with Crippen LogP contribution in [0.25, 0.3) is 11.0 Å². The molecule has 4 heterocycles. The van der Waals surface area contributed by atoms with Crippen molar-refractivity contribution in [3.63, 3.8) is 0 Å². The van der Waals surface area contributed by atoms with Gasteiger partial charge in [-0.15, -0.1) is 0 Å². The zero-order chi connectivity index (χ0) is 15.8. The molecule has 3 aromatic rings. The van der Waals surface area contributed by atoms with Crippen LogP contribution in [0.4, 0.5) is 10.2 Å². The Hall–Kier alpha value is -2.63. The first-order chi connectivity index (χ1) is 11.3. The highest BCUT2D eigenvalue weighted by Gasteiger charge is 2.23. The van der Waals surface area contributed by atoms with Gasteiger partial charge in [0.15, 0.2) is 17.3 Å². The average molecular weight is 309 g/mol. The number of aromatic nitrogens is 4. The maximum absolute atomic E-state index is 14.5. The number of pyridine rings is 2. The van der Waals surface area contributed by atoms with E-state index in [1.807, 2.05) is 24.0 Å². The predicted octanol–water partition coefficient (Wildman–Crippen LogP) is 2.68. The molecule has 0 bridgehead atoms. The molecule has 1 aliphatic rings. The topological polar surface area (TPSA) is 54.8 Å². The lowest BCUT2D eigenvalue weighted by Gasteiger charge is -2.29. The second kappa shape index (κ2) is 5.53. The third kappa shape index (κ3) is 2.40. The molecule has 0 radical (unpaired) electrons. The summed E-state index contributed by atoms with van der Waals surface area (Å²) in [5.74, 6) is 0.0719. The molecule has 0 saturated carbocycles. The quantitative estimate of drug-likeness (QED) is 0.728. The first-order valence-corrected chi connectivity index (χ1v) is 7.74. The SMILES string of the molecule is CCc1ncnc(N2CCc3nc4ncccc4cc3C2)c1F. The smallest absolute Gasteiger partial charge is 0.187 e. The zero-order valence-electron chi connectivity index (χ0n) is 12.8. The molecule has 0 aliphatic carbocycles. The fraction of sp³-hybridized carbons (Fsp3) is 0.294. The molecule has 0 saturated heterocycles. The molecule has 0 fully saturated rings. The van der Waals surface area contributed by atoms with Gasteiger partial charge in [0.2, 0.25) is 0 Å². The Labute approximate surface area is 133 Å². The monoisotopic (exact) mass is 309 g/mol. The van der Waals surface area contributed by atoms with Crippen LogP contribution in [-0.4, -0.2) is 26.5 Å². The van der Waals surface area contributed by atoms with Crippen molar-refractivity contribution in [2.24, 2.45) is 0 Å². The molecule has 0 N–H and O–H groups in total. The van der Waals surface area contributed by atoms with E-state index in [0.717, 1.165) is 28.7 Å². The highest BCUT2D eigenvalue weighted by Crippen LogP contribution is 2.26. The largest absolute Gasteiger partial charge is 0.349 e. The van der Waals surface area contributed by atoms with Gasteiger partial charge in [-0.2, -0.15) is 0 Å². The lowest BCUT2D eigenvalue weighted by molar-refractivity contribution is 0.576. The van der Waals surface area contributed by atoms with E-state index in [0.29, 0.717) is 31.0 Å². The molecule has 0 unspecified atom stereocenters. The summed E-state index contributed by atoms with van der Waals surface area (Å²) in [6.45, 7) is 3.18. The van der Waals surface area contributed by atoms with E-state index in [1.165, 1.54) is 6.33 Å². The van der Waals surface area contributed by atoms with E-state index in [9.17, 15) is 4.39 Å². The molecule has 3 aromatic heterocycles. The van der Waals surface area contributed by atoms with Gasteiger partial charge in [0.1, 0.15) is 6.33 Å². The standard InChI is InChI=1S/C17H16FN5/c1-2-13-15(18)17(21-10-20-13)23-7-5-14-12(9-23)8-11-4-3-6-19-16(11)22-14/h3-4,6,8,10H,2,5,7,9H2,1H3. The molecule has 0 aromatic carbocycles. The minimum Gasteiger partial charge on any atom is -0.349 e. The minimum atomic E-state index is -0.311. The Bertz CT molecular complexity index is 880. The summed E-state index contributed by atoms with van der Waals surface area (Å²) in [6.07, 6.45) is 4.51. The minimum absolute atomic E-state index is 0.311. The van der Waals surface area contributed by atoms with Gasteiger partial charge in [0.25, 0.3) is 0 Å². The normalized spacial score (nSPS) is 14.1. The van der Waals surface area contributed by atoms with Gasteiger partial charge in [-0.05, 0) is 30.2 Å². The Morgan fingerprint density at radius 3 is 3.04 bits per heavy atom. The molecule has 4 rings (SSSR count). The number of nitrogens with zero attached hydrogens (tertiary/aromatic N) is 5. The maximum atomic E-state index is 14.5. The number of rotatable bonds is 2. The molecule has 6 heteroatoms. The molecular formula is C17H16FN5. The van der Waals surface area contributed by atoms with Gasteiger partial charge >= 0.3 is 0 Å². The number of hydrogen-bond donors (Lipinski definition) is 0. The zero-order valence-corrected chi connectivity index (χ0v) is 12.8. The number of aryl methyl sites for hydroxylation is 1. The third-order valence-electron chi connectivity index (χ3n) is 4.22. The number of fused-ring (bicyclic) bond motifs is 2. The van der Waals surface area contributed by atoms with Crippen LogP contribution in [0.2, 0.25) is 0 Å². The first-order valence-electron chi connectivity index (χ1n) is 7.74. The van der Waals surface area contributed by atoms with Crippen molar-refractivity contribution in [3.8, 4) is 0 Å². The fourth-order valence-electron chi connectivity index (χ4n) is 3.01. The van der Waals surface area contributed by atoms with Crippen molar-refractivity contribution in [1.82, 2.24) is 19.9 Å². The Morgan fingerprint density at radius 1 is 1.26 bits per heavy atom.